The minimum atomic E-state index is 0.00425. The van der Waals surface area contributed by atoms with Crippen LogP contribution in [0.1, 0.15) is 5.56 Å². The van der Waals surface area contributed by atoms with Crippen molar-refractivity contribution in [1.82, 2.24) is 0 Å². The van der Waals surface area contributed by atoms with Gasteiger partial charge in [-0.1, -0.05) is 47.5 Å². The Morgan fingerprint density at radius 3 is 2.37 bits per heavy atom. The van der Waals surface area contributed by atoms with Crippen molar-refractivity contribution in [2.45, 2.75) is 6.42 Å². The van der Waals surface area contributed by atoms with Gasteiger partial charge < -0.3 is 4.90 Å². The number of anilines is 1. The van der Waals surface area contributed by atoms with Crippen LogP contribution in [0.4, 0.5) is 5.69 Å². The van der Waals surface area contributed by atoms with Crippen LogP contribution in [-0.2, 0) is 11.2 Å². The lowest BCUT2D eigenvalue weighted by Crippen LogP contribution is -2.27. The molecule has 2 nitrogen and oxygen atoms in total. The van der Waals surface area contributed by atoms with Gasteiger partial charge in [-0.25, -0.2) is 0 Å². The van der Waals surface area contributed by atoms with E-state index in [-0.39, 0.29) is 5.91 Å². The SMILES string of the molecule is CN(C(=O)Cc1ccc(Cl)c(Cl)c1)c1ccccc1. The zero-order valence-corrected chi connectivity index (χ0v) is 11.9. The second-order valence-electron chi connectivity index (χ2n) is 4.21. The summed E-state index contributed by atoms with van der Waals surface area (Å²) in [5, 5.41) is 0.962. The molecular formula is C15H13Cl2NO. The van der Waals surface area contributed by atoms with Crippen molar-refractivity contribution in [3.63, 3.8) is 0 Å². The van der Waals surface area contributed by atoms with E-state index >= 15 is 0 Å². The van der Waals surface area contributed by atoms with Gasteiger partial charge in [0.25, 0.3) is 0 Å². The number of hydrogen-bond donors (Lipinski definition) is 0. The maximum absolute atomic E-state index is 12.2. The highest BCUT2D eigenvalue weighted by Crippen LogP contribution is 2.23. The van der Waals surface area contributed by atoms with Crippen molar-refractivity contribution in [3.05, 3.63) is 64.1 Å². The summed E-state index contributed by atoms with van der Waals surface area (Å²) in [5.74, 6) is 0.00425. The van der Waals surface area contributed by atoms with E-state index in [0.29, 0.717) is 16.5 Å². The van der Waals surface area contributed by atoms with Gasteiger partial charge in [-0.2, -0.15) is 0 Å². The van der Waals surface area contributed by atoms with Gasteiger partial charge in [0.15, 0.2) is 0 Å². The summed E-state index contributed by atoms with van der Waals surface area (Å²) in [6.07, 6.45) is 0.294. The lowest BCUT2D eigenvalue weighted by atomic mass is 10.1. The fourth-order valence-electron chi connectivity index (χ4n) is 1.74. The number of amides is 1. The molecule has 0 spiro atoms. The molecular weight excluding hydrogens is 281 g/mol. The lowest BCUT2D eigenvalue weighted by Gasteiger charge is -2.17. The van der Waals surface area contributed by atoms with E-state index < -0.39 is 0 Å². The number of carbonyl (C=O) groups is 1. The predicted molar refractivity (Wildman–Crippen MR) is 80.0 cm³/mol. The van der Waals surface area contributed by atoms with Gasteiger partial charge >= 0.3 is 0 Å². The van der Waals surface area contributed by atoms with Crippen molar-refractivity contribution in [1.29, 1.82) is 0 Å². The second kappa shape index (κ2) is 6.09. The van der Waals surface area contributed by atoms with Gasteiger partial charge in [-0.3, -0.25) is 4.79 Å². The van der Waals surface area contributed by atoms with Crippen LogP contribution in [0.3, 0.4) is 0 Å². The van der Waals surface area contributed by atoms with E-state index in [9.17, 15) is 4.79 Å². The third kappa shape index (κ3) is 3.49. The highest BCUT2D eigenvalue weighted by molar-refractivity contribution is 6.42. The topological polar surface area (TPSA) is 20.3 Å². The Morgan fingerprint density at radius 1 is 1.05 bits per heavy atom. The Kier molecular flexibility index (Phi) is 4.46. The molecule has 0 saturated carbocycles. The molecule has 98 valence electrons. The summed E-state index contributed by atoms with van der Waals surface area (Å²) in [7, 11) is 1.76. The van der Waals surface area contributed by atoms with E-state index in [1.807, 2.05) is 36.4 Å². The molecule has 0 radical (unpaired) electrons. The van der Waals surface area contributed by atoms with Crippen LogP contribution in [-0.4, -0.2) is 13.0 Å². The van der Waals surface area contributed by atoms with E-state index in [1.165, 1.54) is 0 Å². The molecule has 0 aliphatic rings. The van der Waals surface area contributed by atoms with Crippen LogP contribution in [0.25, 0.3) is 0 Å². The fraction of sp³-hybridized carbons (Fsp3) is 0.133. The average Bonchev–Trinajstić information content (AvgIpc) is 2.43. The van der Waals surface area contributed by atoms with E-state index in [1.54, 1.807) is 24.1 Å². The molecule has 0 aliphatic carbocycles. The van der Waals surface area contributed by atoms with E-state index in [4.69, 9.17) is 23.2 Å². The Hall–Kier alpha value is -1.51. The largest absolute Gasteiger partial charge is 0.315 e. The summed E-state index contributed by atoms with van der Waals surface area (Å²) >= 11 is 11.8. The first kappa shape index (κ1) is 13.9. The number of nitrogens with zero attached hydrogens (tertiary/aromatic N) is 1. The molecule has 0 unspecified atom stereocenters. The van der Waals surface area contributed by atoms with Gasteiger partial charge in [-0.15, -0.1) is 0 Å². The first-order valence-corrected chi connectivity index (χ1v) is 6.59. The molecule has 0 heterocycles. The predicted octanol–water partition coefficient (Wildman–Crippen LogP) is 4.20. The highest BCUT2D eigenvalue weighted by atomic mass is 35.5. The van der Waals surface area contributed by atoms with Crippen molar-refractivity contribution in [2.24, 2.45) is 0 Å². The highest BCUT2D eigenvalue weighted by Gasteiger charge is 2.12. The van der Waals surface area contributed by atoms with Gasteiger partial charge in [0.2, 0.25) is 5.91 Å². The zero-order valence-electron chi connectivity index (χ0n) is 10.4. The molecule has 2 rings (SSSR count). The lowest BCUT2D eigenvalue weighted by molar-refractivity contribution is -0.117. The van der Waals surface area contributed by atoms with Crippen LogP contribution < -0.4 is 4.90 Å². The van der Waals surface area contributed by atoms with Gasteiger partial charge in [0.05, 0.1) is 16.5 Å². The van der Waals surface area contributed by atoms with Crippen LogP contribution in [0.15, 0.2) is 48.5 Å². The molecule has 0 N–H and O–H groups in total. The minimum Gasteiger partial charge on any atom is -0.315 e. The van der Waals surface area contributed by atoms with Gasteiger partial charge in [-0.05, 0) is 29.8 Å². The first-order valence-electron chi connectivity index (χ1n) is 5.83. The van der Waals surface area contributed by atoms with Crippen LogP contribution in [0.5, 0.6) is 0 Å². The molecule has 0 bridgehead atoms. The van der Waals surface area contributed by atoms with Crippen LogP contribution in [0, 0.1) is 0 Å². The molecule has 19 heavy (non-hydrogen) atoms. The number of benzene rings is 2. The number of likely N-dealkylation sites (N-methyl/N-ethyl adjacent to an activating group) is 1. The molecule has 0 aromatic heterocycles. The monoisotopic (exact) mass is 293 g/mol. The third-order valence-corrected chi connectivity index (χ3v) is 3.60. The molecule has 0 aliphatic heterocycles. The minimum absolute atomic E-state index is 0.00425. The normalized spacial score (nSPS) is 10.3. The number of rotatable bonds is 3. The van der Waals surface area contributed by atoms with Crippen molar-refractivity contribution >= 4 is 34.8 Å². The molecule has 0 saturated heterocycles. The number of carbonyl (C=O) groups excluding carboxylic acids is 1. The Morgan fingerprint density at radius 2 is 1.74 bits per heavy atom. The van der Waals surface area contributed by atoms with Crippen molar-refractivity contribution < 1.29 is 4.79 Å². The molecule has 1 amide bonds. The van der Waals surface area contributed by atoms with Gasteiger partial charge in [0.1, 0.15) is 0 Å². The maximum atomic E-state index is 12.2. The smallest absolute Gasteiger partial charge is 0.231 e. The fourth-order valence-corrected chi connectivity index (χ4v) is 2.06. The summed E-state index contributed by atoms with van der Waals surface area (Å²) in [5.41, 5.74) is 1.72. The van der Waals surface area contributed by atoms with Crippen LogP contribution >= 0.6 is 23.2 Å². The number of halogens is 2. The average molecular weight is 294 g/mol. The number of hydrogen-bond acceptors (Lipinski definition) is 1. The summed E-state index contributed by atoms with van der Waals surface area (Å²) in [6, 6.07) is 14.7. The summed E-state index contributed by atoms with van der Waals surface area (Å²) in [6.45, 7) is 0. The molecule has 2 aromatic carbocycles. The Balaban J connectivity index is 2.10. The first-order chi connectivity index (χ1) is 9.08. The third-order valence-electron chi connectivity index (χ3n) is 2.86. The van der Waals surface area contributed by atoms with E-state index in [2.05, 4.69) is 0 Å². The molecule has 0 atom stereocenters. The van der Waals surface area contributed by atoms with E-state index in [0.717, 1.165) is 11.3 Å². The second-order valence-corrected chi connectivity index (χ2v) is 5.03. The van der Waals surface area contributed by atoms with Crippen molar-refractivity contribution in [2.75, 3.05) is 11.9 Å². The van der Waals surface area contributed by atoms with Crippen LogP contribution in [0.2, 0.25) is 10.0 Å². The Labute approximate surface area is 122 Å². The maximum Gasteiger partial charge on any atom is 0.231 e. The standard InChI is InChI=1S/C15H13Cl2NO/c1-18(12-5-3-2-4-6-12)15(19)10-11-7-8-13(16)14(17)9-11/h2-9H,10H2,1H3. The quantitative estimate of drug-likeness (QED) is 0.831. The molecule has 4 heteroatoms. The summed E-state index contributed by atoms with van der Waals surface area (Å²) in [4.78, 5) is 13.8. The zero-order chi connectivity index (χ0) is 13.8. The molecule has 0 fully saturated rings. The molecule has 2 aromatic rings. The van der Waals surface area contributed by atoms with Crippen molar-refractivity contribution in [3.8, 4) is 0 Å². The summed E-state index contributed by atoms with van der Waals surface area (Å²) < 4.78 is 0. The van der Waals surface area contributed by atoms with Gasteiger partial charge in [0, 0.05) is 12.7 Å². The Bertz CT molecular complexity index is 584. The number of para-hydroxylation sites is 1.